The highest BCUT2D eigenvalue weighted by atomic mass is 35.5. The number of rotatable bonds is 3. The lowest BCUT2D eigenvalue weighted by Crippen LogP contribution is -2.14. The standard InChI is InChI=1S/C12H10Cl2N2O2S/c13-8-5-6-10(15)11(7-8)16-19(17,18)12-4-2-1-3-9(12)14/h1-7,16H,15H2. The van der Waals surface area contributed by atoms with E-state index in [4.69, 9.17) is 28.9 Å². The zero-order valence-electron chi connectivity index (χ0n) is 9.60. The van der Waals surface area contributed by atoms with E-state index in [-0.39, 0.29) is 21.3 Å². The fourth-order valence-electron chi connectivity index (χ4n) is 1.48. The van der Waals surface area contributed by atoms with Crippen LogP contribution in [0.4, 0.5) is 11.4 Å². The first-order valence-corrected chi connectivity index (χ1v) is 7.46. The van der Waals surface area contributed by atoms with Gasteiger partial charge in [-0.05, 0) is 30.3 Å². The van der Waals surface area contributed by atoms with Crippen LogP contribution in [-0.4, -0.2) is 8.42 Å². The van der Waals surface area contributed by atoms with E-state index in [1.54, 1.807) is 18.2 Å². The molecule has 0 unspecified atom stereocenters. The molecule has 0 saturated carbocycles. The Kier molecular flexibility index (Phi) is 3.89. The molecule has 2 aromatic carbocycles. The van der Waals surface area contributed by atoms with E-state index < -0.39 is 10.0 Å². The maximum atomic E-state index is 12.2. The van der Waals surface area contributed by atoms with Crippen molar-refractivity contribution in [2.24, 2.45) is 0 Å². The number of nitrogen functional groups attached to an aromatic ring is 1. The lowest BCUT2D eigenvalue weighted by atomic mass is 10.3. The Morgan fingerprint density at radius 2 is 1.74 bits per heavy atom. The first-order valence-electron chi connectivity index (χ1n) is 5.22. The molecule has 4 nitrogen and oxygen atoms in total. The van der Waals surface area contributed by atoms with Gasteiger partial charge in [-0.3, -0.25) is 4.72 Å². The summed E-state index contributed by atoms with van der Waals surface area (Å²) in [7, 11) is -3.80. The summed E-state index contributed by atoms with van der Waals surface area (Å²) >= 11 is 11.7. The molecule has 19 heavy (non-hydrogen) atoms. The predicted molar refractivity (Wildman–Crippen MR) is 78.1 cm³/mol. The monoisotopic (exact) mass is 316 g/mol. The maximum absolute atomic E-state index is 12.2. The molecule has 0 radical (unpaired) electrons. The van der Waals surface area contributed by atoms with Gasteiger partial charge in [0.05, 0.1) is 16.4 Å². The van der Waals surface area contributed by atoms with E-state index in [1.165, 1.54) is 24.3 Å². The van der Waals surface area contributed by atoms with Gasteiger partial charge in [0, 0.05) is 5.02 Å². The van der Waals surface area contributed by atoms with Crippen molar-refractivity contribution in [3.05, 3.63) is 52.5 Å². The van der Waals surface area contributed by atoms with E-state index in [2.05, 4.69) is 4.72 Å². The maximum Gasteiger partial charge on any atom is 0.263 e. The Balaban J connectivity index is 2.43. The predicted octanol–water partition coefficient (Wildman–Crippen LogP) is 3.38. The van der Waals surface area contributed by atoms with E-state index >= 15 is 0 Å². The normalized spacial score (nSPS) is 11.3. The molecule has 0 spiro atoms. The third-order valence-corrected chi connectivity index (χ3v) is 4.49. The van der Waals surface area contributed by atoms with Crippen molar-refractivity contribution in [1.29, 1.82) is 0 Å². The fourth-order valence-corrected chi connectivity index (χ4v) is 3.25. The molecule has 3 N–H and O–H groups in total. The summed E-state index contributed by atoms with van der Waals surface area (Å²) in [5.74, 6) is 0. The molecule has 0 saturated heterocycles. The van der Waals surface area contributed by atoms with Crippen LogP contribution in [0, 0.1) is 0 Å². The second-order valence-corrected chi connectivity index (χ2v) is 6.26. The summed E-state index contributed by atoms with van der Waals surface area (Å²) in [5, 5.41) is 0.515. The topological polar surface area (TPSA) is 72.2 Å². The quantitative estimate of drug-likeness (QED) is 0.853. The zero-order chi connectivity index (χ0) is 14.0. The van der Waals surface area contributed by atoms with Gasteiger partial charge in [-0.15, -0.1) is 0 Å². The third kappa shape index (κ3) is 3.12. The molecule has 7 heteroatoms. The largest absolute Gasteiger partial charge is 0.397 e. The number of benzene rings is 2. The van der Waals surface area contributed by atoms with Crippen LogP contribution in [0.25, 0.3) is 0 Å². The fraction of sp³-hybridized carbons (Fsp3) is 0. The molecule has 0 bridgehead atoms. The SMILES string of the molecule is Nc1ccc(Cl)cc1NS(=O)(=O)c1ccccc1Cl. The molecule has 2 rings (SSSR count). The molecule has 0 aromatic heterocycles. The van der Waals surface area contributed by atoms with Gasteiger partial charge in [0.1, 0.15) is 4.90 Å². The van der Waals surface area contributed by atoms with Gasteiger partial charge < -0.3 is 5.73 Å². The minimum atomic E-state index is -3.80. The van der Waals surface area contributed by atoms with E-state index in [0.29, 0.717) is 5.02 Å². The van der Waals surface area contributed by atoms with Crippen molar-refractivity contribution in [3.63, 3.8) is 0 Å². The first kappa shape index (κ1) is 14.0. The van der Waals surface area contributed by atoms with Gasteiger partial charge in [-0.25, -0.2) is 8.42 Å². The molecule has 2 aromatic rings. The lowest BCUT2D eigenvalue weighted by molar-refractivity contribution is 0.601. The Bertz CT molecular complexity index is 717. The molecule has 0 aliphatic heterocycles. The van der Waals surface area contributed by atoms with E-state index in [9.17, 15) is 8.42 Å². The van der Waals surface area contributed by atoms with Gasteiger partial charge in [-0.1, -0.05) is 35.3 Å². The number of sulfonamides is 1. The third-order valence-electron chi connectivity index (χ3n) is 2.39. The van der Waals surface area contributed by atoms with Crippen LogP contribution < -0.4 is 10.5 Å². The summed E-state index contributed by atoms with van der Waals surface area (Å²) in [5.41, 5.74) is 6.19. The number of nitrogens with one attached hydrogen (secondary N) is 1. The van der Waals surface area contributed by atoms with Crippen molar-refractivity contribution in [1.82, 2.24) is 0 Å². The molecule has 0 atom stereocenters. The molecule has 0 aliphatic rings. The van der Waals surface area contributed by atoms with Gasteiger partial charge >= 0.3 is 0 Å². The minimum absolute atomic E-state index is 0.0176. The second kappa shape index (κ2) is 5.28. The zero-order valence-corrected chi connectivity index (χ0v) is 11.9. The highest BCUT2D eigenvalue weighted by Gasteiger charge is 2.18. The summed E-state index contributed by atoms with van der Waals surface area (Å²) in [6.45, 7) is 0. The van der Waals surface area contributed by atoms with Crippen LogP contribution in [0.15, 0.2) is 47.4 Å². The van der Waals surface area contributed by atoms with Gasteiger partial charge in [-0.2, -0.15) is 0 Å². The average molecular weight is 317 g/mol. The molecule has 0 amide bonds. The second-order valence-electron chi connectivity index (χ2n) is 3.77. The van der Waals surface area contributed by atoms with Crippen LogP contribution in [0.2, 0.25) is 10.0 Å². The Morgan fingerprint density at radius 3 is 2.42 bits per heavy atom. The van der Waals surface area contributed by atoms with Gasteiger partial charge in [0.25, 0.3) is 10.0 Å². The molecule has 0 heterocycles. The van der Waals surface area contributed by atoms with E-state index in [1.807, 2.05) is 0 Å². The summed E-state index contributed by atoms with van der Waals surface area (Å²) in [6, 6.07) is 10.7. The smallest absolute Gasteiger partial charge is 0.263 e. The van der Waals surface area contributed by atoms with Crippen molar-refractivity contribution in [2.75, 3.05) is 10.5 Å². The van der Waals surface area contributed by atoms with Crippen molar-refractivity contribution < 1.29 is 8.42 Å². The summed E-state index contributed by atoms with van der Waals surface area (Å²) < 4.78 is 26.7. The Labute approximate surface area is 121 Å². The summed E-state index contributed by atoms with van der Waals surface area (Å²) in [6.07, 6.45) is 0. The average Bonchev–Trinajstić information content (AvgIpc) is 2.34. The lowest BCUT2D eigenvalue weighted by Gasteiger charge is -2.11. The van der Waals surface area contributed by atoms with Crippen LogP contribution >= 0.6 is 23.2 Å². The number of hydrogen-bond acceptors (Lipinski definition) is 3. The van der Waals surface area contributed by atoms with Crippen LogP contribution in [-0.2, 0) is 10.0 Å². The Morgan fingerprint density at radius 1 is 1.05 bits per heavy atom. The molecular formula is C12H10Cl2N2O2S. The van der Waals surface area contributed by atoms with Crippen molar-refractivity contribution >= 4 is 44.6 Å². The van der Waals surface area contributed by atoms with Crippen LogP contribution in [0.1, 0.15) is 0 Å². The van der Waals surface area contributed by atoms with Crippen molar-refractivity contribution in [3.8, 4) is 0 Å². The molecular weight excluding hydrogens is 307 g/mol. The summed E-state index contributed by atoms with van der Waals surface area (Å²) in [4.78, 5) is -0.0176. The Hall–Kier alpha value is -1.43. The first-order chi connectivity index (χ1) is 8.90. The molecule has 0 aliphatic carbocycles. The van der Waals surface area contributed by atoms with Crippen LogP contribution in [0.3, 0.4) is 0 Å². The molecule has 100 valence electrons. The highest BCUT2D eigenvalue weighted by molar-refractivity contribution is 7.92. The number of anilines is 2. The van der Waals surface area contributed by atoms with Crippen LogP contribution in [0.5, 0.6) is 0 Å². The van der Waals surface area contributed by atoms with E-state index in [0.717, 1.165) is 0 Å². The number of nitrogens with two attached hydrogens (primary N) is 1. The number of hydrogen-bond donors (Lipinski definition) is 2. The van der Waals surface area contributed by atoms with Gasteiger partial charge in [0.15, 0.2) is 0 Å². The van der Waals surface area contributed by atoms with Gasteiger partial charge in [0.2, 0.25) is 0 Å². The van der Waals surface area contributed by atoms with Crippen molar-refractivity contribution in [2.45, 2.75) is 4.90 Å². The highest BCUT2D eigenvalue weighted by Crippen LogP contribution is 2.28. The number of halogens is 2. The minimum Gasteiger partial charge on any atom is -0.397 e. The molecule has 0 fully saturated rings.